The highest BCUT2D eigenvalue weighted by atomic mass is 32.2. The summed E-state index contributed by atoms with van der Waals surface area (Å²) >= 11 is 1.42. The third-order valence-electron chi connectivity index (χ3n) is 4.63. The number of amides is 1. The smallest absolute Gasteiger partial charge is 0.245 e. The van der Waals surface area contributed by atoms with Gasteiger partial charge in [0.15, 0.2) is 0 Å². The van der Waals surface area contributed by atoms with E-state index in [0.29, 0.717) is 19.5 Å². The zero-order valence-electron chi connectivity index (χ0n) is 13.3. The molecule has 1 aromatic heterocycles. The molecular formula is C16H17N3O4S2. The zero-order chi connectivity index (χ0) is 17.6. The third kappa shape index (κ3) is 2.97. The number of carbonyl (C=O) groups is 1. The van der Waals surface area contributed by atoms with E-state index in [1.165, 1.54) is 21.7 Å². The van der Waals surface area contributed by atoms with Crippen LogP contribution in [0.5, 0.6) is 0 Å². The van der Waals surface area contributed by atoms with E-state index >= 15 is 0 Å². The fourth-order valence-electron chi connectivity index (χ4n) is 3.38. The number of nitrogens with zero attached hydrogens (tertiary/aromatic N) is 2. The van der Waals surface area contributed by atoms with Gasteiger partial charge in [0.1, 0.15) is 6.23 Å². The lowest BCUT2D eigenvalue weighted by atomic mass is 10.1. The molecule has 132 valence electrons. The number of hydrogen-bond acceptors (Lipinski definition) is 6. The monoisotopic (exact) mass is 379 g/mol. The summed E-state index contributed by atoms with van der Waals surface area (Å²) in [7, 11) is -3.57. The van der Waals surface area contributed by atoms with Crippen LogP contribution in [-0.4, -0.2) is 49.0 Å². The summed E-state index contributed by atoms with van der Waals surface area (Å²) in [6.45, 7) is 4.11. The van der Waals surface area contributed by atoms with Crippen molar-refractivity contribution >= 4 is 37.5 Å². The average Bonchev–Trinajstić information content (AvgIpc) is 3.27. The van der Waals surface area contributed by atoms with E-state index in [4.69, 9.17) is 4.74 Å². The first-order valence-corrected chi connectivity index (χ1v) is 10.2. The second-order valence-electron chi connectivity index (χ2n) is 6.18. The average molecular weight is 379 g/mol. The highest BCUT2D eigenvalue weighted by molar-refractivity contribution is 7.89. The highest BCUT2D eigenvalue weighted by Gasteiger charge is 2.46. The molecule has 25 heavy (non-hydrogen) atoms. The van der Waals surface area contributed by atoms with Gasteiger partial charge in [-0.15, -0.1) is 11.3 Å². The molecule has 3 heterocycles. The van der Waals surface area contributed by atoms with E-state index in [0.717, 1.165) is 10.2 Å². The Balaban J connectivity index is 1.49. The van der Waals surface area contributed by atoms with Crippen molar-refractivity contribution in [1.82, 2.24) is 14.6 Å². The van der Waals surface area contributed by atoms with Gasteiger partial charge in [-0.1, -0.05) is 6.58 Å². The SMILES string of the molecule is C=CC(=O)NC1CC2CN(S(=O)(=O)c3ccc4ncsc4c3)CC2O1. The number of thiazole rings is 1. The summed E-state index contributed by atoms with van der Waals surface area (Å²) in [6.07, 6.45) is 1.23. The lowest BCUT2D eigenvalue weighted by Crippen LogP contribution is -2.37. The lowest BCUT2D eigenvalue weighted by molar-refractivity contribution is -0.120. The standard InChI is InChI=1S/C16H17N3O4S2/c1-2-15(20)18-16-5-10-7-19(8-13(10)23-16)25(21,22)11-3-4-12-14(6-11)24-9-17-12/h2-4,6,9-10,13,16H,1,5,7-8H2,(H,18,20). The van der Waals surface area contributed by atoms with Crippen molar-refractivity contribution in [1.29, 1.82) is 0 Å². The molecule has 2 fully saturated rings. The van der Waals surface area contributed by atoms with E-state index < -0.39 is 10.0 Å². The summed E-state index contributed by atoms with van der Waals surface area (Å²) in [6, 6.07) is 5.00. The first-order chi connectivity index (χ1) is 12.0. The maximum absolute atomic E-state index is 12.9. The van der Waals surface area contributed by atoms with E-state index in [1.807, 2.05) is 0 Å². The van der Waals surface area contributed by atoms with Crippen molar-refractivity contribution in [3.8, 4) is 0 Å². The molecule has 4 rings (SSSR count). The summed E-state index contributed by atoms with van der Waals surface area (Å²) in [5, 5.41) is 2.71. The molecule has 3 atom stereocenters. The van der Waals surface area contributed by atoms with Crippen LogP contribution in [0.1, 0.15) is 6.42 Å². The van der Waals surface area contributed by atoms with Crippen LogP contribution in [0.2, 0.25) is 0 Å². The van der Waals surface area contributed by atoms with Crippen LogP contribution in [0.3, 0.4) is 0 Å². The second kappa shape index (κ2) is 6.17. The molecule has 0 bridgehead atoms. The Morgan fingerprint density at radius 1 is 1.44 bits per heavy atom. The second-order valence-corrected chi connectivity index (χ2v) is 9.00. The Morgan fingerprint density at radius 2 is 2.28 bits per heavy atom. The van der Waals surface area contributed by atoms with Gasteiger partial charge in [0.05, 0.1) is 26.7 Å². The molecule has 7 nitrogen and oxygen atoms in total. The first kappa shape index (κ1) is 16.6. The highest BCUT2D eigenvalue weighted by Crippen LogP contribution is 2.35. The number of sulfonamides is 1. The number of ether oxygens (including phenoxy) is 1. The number of hydrogen-bond donors (Lipinski definition) is 1. The number of nitrogens with one attached hydrogen (secondary N) is 1. The third-order valence-corrected chi connectivity index (χ3v) is 7.25. The molecule has 2 aliphatic heterocycles. The minimum Gasteiger partial charge on any atom is -0.354 e. The van der Waals surface area contributed by atoms with E-state index in [9.17, 15) is 13.2 Å². The summed E-state index contributed by atoms with van der Waals surface area (Å²) in [5.41, 5.74) is 2.50. The molecule has 0 saturated carbocycles. The Labute approximate surface area is 149 Å². The molecule has 2 aromatic rings. The van der Waals surface area contributed by atoms with Gasteiger partial charge in [0.25, 0.3) is 0 Å². The van der Waals surface area contributed by atoms with Gasteiger partial charge in [-0.3, -0.25) is 4.79 Å². The predicted molar refractivity (Wildman–Crippen MR) is 93.5 cm³/mol. The van der Waals surface area contributed by atoms with Gasteiger partial charge in [-0.05, 0) is 30.7 Å². The quantitative estimate of drug-likeness (QED) is 0.810. The van der Waals surface area contributed by atoms with Gasteiger partial charge in [-0.2, -0.15) is 4.31 Å². The molecule has 2 aliphatic rings. The van der Waals surface area contributed by atoms with Crippen LogP contribution in [0, 0.1) is 5.92 Å². The Hall–Kier alpha value is -1.81. The Kier molecular flexibility index (Phi) is 4.11. The summed E-state index contributed by atoms with van der Waals surface area (Å²) in [4.78, 5) is 15.8. The molecule has 3 unspecified atom stereocenters. The van der Waals surface area contributed by atoms with Crippen LogP contribution in [0.15, 0.2) is 41.3 Å². The van der Waals surface area contributed by atoms with E-state index in [2.05, 4.69) is 16.9 Å². The fraction of sp³-hybridized carbons (Fsp3) is 0.375. The van der Waals surface area contributed by atoms with Crippen LogP contribution < -0.4 is 5.32 Å². The Morgan fingerprint density at radius 3 is 3.04 bits per heavy atom. The van der Waals surface area contributed by atoms with Gasteiger partial charge in [0.2, 0.25) is 15.9 Å². The van der Waals surface area contributed by atoms with Gasteiger partial charge in [0, 0.05) is 19.0 Å². The Bertz CT molecular complexity index is 926. The topological polar surface area (TPSA) is 88.6 Å². The normalized spacial score (nSPS) is 26.6. The van der Waals surface area contributed by atoms with E-state index in [-0.39, 0.29) is 29.1 Å². The van der Waals surface area contributed by atoms with Gasteiger partial charge in [-0.25, -0.2) is 13.4 Å². The number of carbonyl (C=O) groups excluding carboxylic acids is 1. The number of fused-ring (bicyclic) bond motifs is 2. The zero-order valence-corrected chi connectivity index (χ0v) is 14.9. The molecule has 0 aliphatic carbocycles. The van der Waals surface area contributed by atoms with Crippen molar-refractivity contribution in [2.45, 2.75) is 23.6 Å². The molecule has 1 N–H and O–H groups in total. The van der Waals surface area contributed by atoms with E-state index in [1.54, 1.807) is 23.7 Å². The van der Waals surface area contributed by atoms with Crippen LogP contribution >= 0.6 is 11.3 Å². The molecule has 9 heteroatoms. The van der Waals surface area contributed by atoms with Crippen LogP contribution in [0.25, 0.3) is 10.2 Å². The number of benzene rings is 1. The maximum Gasteiger partial charge on any atom is 0.245 e. The van der Waals surface area contributed by atoms with Gasteiger partial charge >= 0.3 is 0 Å². The number of aromatic nitrogens is 1. The minimum absolute atomic E-state index is 0.0806. The largest absolute Gasteiger partial charge is 0.354 e. The molecule has 0 spiro atoms. The predicted octanol–water partition coefficient (Wildman–Crippen LogP) is 1.33. The summed E-state index contributed by atoms with van der Waals surface area (Å²) in [5.74, 6) is -0.204. The molecular weight excluding hydrogens is 362 g/mol. The van der Waals surface area contributed by atoms with Crippen LogP contribution in [0.4, 0.5) is 0 Å². The van der Waals surface area contributed by atoms with Crippen molar-refractivity contribution in [2.24, 2.45) is 5.92 Å². The molecule has 0 radical (unpaired) electrons. The maximum atomic E-state index is 12.9. The van der Waals surface area contributed by atoms with Crippen molar-refractivity contribution in [2.75, 3.05) is 13.1 Å². The molecule has 1 amide bonds. The molecule has 1 aromatic carbocycles. The van der Waals surface area contributed by atoms with Crippen LogP contribution in [-0.2, 0) is 19.6 Å². The summed E-state index contributed by atoms with van der Waals surface area (Å²) < 4.78 is 33.9. The minimum atomic E-state index is -3.57. The lowest BCUT2D eigenvalue weighted by Gasteiger charge is -2.19. The fourth-order valence-corrected chi connectivity index (χ4v) is 5.70. The molecule has 2 saturated heterocycles. The van der Waals surface area contributed by atoms with Gasteiger partial charge < -0.3 is 10.1 Å². The number of rotatable bonds is 4. The van der Waals surface area contributed by atoms with Crippen molar-refractivity contribution in [3.63, 3.8) is 0 Å². The first-order valence-electron chi connectivity index (χ1n) is 7.89. The van der Waals surface area contributed by atoms with Crippen molar-refractivity contribution < 1.29 is 17.9 Å². The van der Waals surface area contributed by atoms with Crippen molar-refractivity contribution in [3.05, 3.63) is 36.4 Å².